The van der Waals surface area contributed by atoms with Crippen LogP contribution in [0.4, 0.5) is 0 Å². The molecule has 11 heavy (non-hydrogen) atoms. The summed E-state index contributed by atoms with van der Waals surface area (Å²) >= 11 is 0. The van der Waals surface area contributed by atoms with Crippen LogP contribution in [0.25, 0.3) is 0 Å². The summed E-state index contributed by atoms with van der Waals surface area (Å²) in [6.07, 6.45) is 0. The summed E-state index contributed by atoms with van der Waals surface area (Å²) in [5.41, 5.74) is 0. The number of rotatable bonds is 0. The molecule has 0 rings (SSSR count). The summed E-state index contributed by atoms with van der Waals surface area (Å²) in [6.45, 7) is 0. The van der Waals surface area contributed by atoms with Crippen LogP contribution < -0.4 is 0 Å². The van der Waals surface area contributed by atoms with E-state index in [9.17, 15) is 0 Å². The normalized spacial score (nSPS) is 5.45. The zero-order chi connectivity index (χ0) is 4.50. The Labute approximate surface area is 77.8 Å². The van der Waals surface area contributed by atoms with Crippen molar-refractivity contribution in [2.75, 3.05) is 0 Å². The zero-order valence-corrected chi connectivity index (χ0v) is 7.85. The maximum Gasteiger partial charge on any atom is 0.668 e. The van der Waals surface area contributed by atoms with Crippen LogP contribution in [0.3, 0.4) is 0 Å². The number of hydrogen-bond donors (Lipinski definition) is 4. The molecule has 0 aromatic rings. The van der Waals surface area contributed by atoms with Crippen LogP contribution >= 0.6 is 0 Å². The van der Waals surface area contributed by atoms with E-state index < -0.39 is 9.05 Å². The standard InChI is InChI=1S/H4O4Si.5H2O.Ti/c1-5(2,3)4;;;;;;/h1-4H;5*1H2;. The van der Waals surface area contributed by atoms with Crippen molar-refractivity contribution < 1.29 is 68.3 Å². The van der Waals surface area contributed by atoms with E-state index >= 15 is 0 Å². The maximum atomic E-state index is 7.33. The average Bonchev–Trinajstić information content (AvgIpc) is 0.722. The number of hydrogen-bond acceptors (Lipinski definition) is 4. The van der Waals surface area contributed by atoms with Gasteiger partial charge in [0.25, 0.3) is 0 Å². The van der Waals surface area contributed by atoms with E-state index in [-0.39, 0.29) is 49.1 Å². The first-order chi connectivity index (χ1) is 2.00. The molecule has 0 atom stereocenters. The van der Waals surface area contributed by atoms with Crippen molar-refractivity contribution >= 4 is 9.05 Å². The molecule has 76 valence electrons. The van der Waals surface area contributed by atoms with Gasteiger partial charge < -0.3 is 46.6 Å². The van der Waals surface area contributed by atoms with Crippen molar-refractivity contribution in [1.29, 1.82) is 0 Å². The van der Waals surface area contributed by atoms with E-state index in [2.05, 4.69) is 0 Å². The molecule has 9 nitrogen and oxygen atoms in total. The molecule has 0 bridgehead atoms. The second-order valence-corrected chi connectivity index (χ2v) is 1.80. The maximum absolute atomic E-state index is 7.33. The fraction of sp³-hybridized carbons (Fsp3) is 0. The van der Waals surface area contributed by atoms with Gasteiger partial charge in [0, 0.05) is 21.7 Å². The minimum atomic E-state index is -4.61. The van der Waals surface area contributed by atoms with Gasteiger partial charge in [-0.3, -0.25) is 0 Å². The molecule has 0 aromatic carbocycles. The molecule has 0 aliphatic heterocycles. The quantitative estimate of drug-likeness (QED) is 0.298. The summed E-state index contributed by atoms with van der Waals surface area (Å²) in [4.78, 5) is 29.3. The largest absolute Gasteiger partial charge is 0.668 e. The van der Waals surface area contributed by atoms with E-state index in [1.807, 2.05) is 0 Å². The molecule has 0 saturated heterocycles. The second kappa shape index (κ2) is 22.4. The van der Waals surface area contributed by atoms with Gasteiger partial charge in [0.1, 0.15) is 0 Å². The van der Waals surface area contributed by atoms with Crippen molar-refractivity contribution in [2.45, 2.75) is 0 Å². The van der Waals surface area contributed by atoms with Gasteiger partial charge in [-0.05, 0) is 0 Å². The van der Waals surface area contributed by atoms with Crippen molar-refractivity contribution in [2.24, 2.45) is 0 Å². The van der Waals surface area contributed by atoms with E-state index in [1.54, 1.807) is 0 Å². The first-order valence-corrected chi connectivity index (χ1v) is 2.68. The van der Waals surface area contributed by atoms with E-state index in [0.29, 0.717) is 0 Å². The molecule has 0 aliphatic carbocycles. The summed E-state index contributed by atoms with van der Waals surface area (Å²) < 4.78 is 0. The fourth-order valence-electron chi connectivity index (χ4n) is 0. The first kappa shape index (κ1) is 61.9. The molecule has 0 spiro atoms. The molecule has 0 heterocycles. The Bertz CT molecular complexity index is 25.0. The van der Waals surface area contributed by atoms with Crippen molar-refractivity contribution in [1.82, 2.24) is 0 Å². The predicted octanol–water partition coefficient (Wildman–Crippen LogP) is -6.73. The van der Waals surface area contributed by atoms with Crippen molar-refractivity contribution in [3.05, 3.63) is 0 Å². The van der Waals surface area contributed by atoms with Gasteiger partial charge in [0.05, 0.1) is 0 Å². The van der Waals surface area contributed by atoms with Gasteiger partial charge in [-0.1, -0.05) is 0 Å². The smallest absolute Gasteiger partial charge is 0.412 e. The van der Waals surface area contributed by atoms with Crippen LogP contribution in [0, 0.1) is 0 Å². The van der Waals surface area contributed by atoms with Crippen LogP contribution in [0.5, 0.6) is 0 Å². The molecule has 0 unspecified atom stereocenters. The fourth-order valence-corrected chi connectivity index (χ4v) is 0. The predicted molar refractivity (Wildman–Crippen MR) is 32.7 cm³/mol. The third-order valence-corrected chi connectivity index (χ3v) is 0. The molecule has 0 amide bonds. The van der Waals surface area contributed by atoms with E-state index in [4.69, 9.17) is 19.2 Å². The Kier molecular flexibility index (Phi) is 126. The minimum Gasteiger partial charge on any atom is -0.412 e. The Morgan fingerprint density at radius 3 is 0.545 bits per heavy atom. The van der Waals surface area contributed by atoms with Gasteiger partial charge in [-0.2, -0.15) is 0 Å². The molecule has 14 N–H and O–H groups in total. The molecule has 0 aliphatic rings. The van der Waals surface area contributed by atoms with Crippen LogP contribution in [-0.2, 0) is 21.7 Å². The van der Waals surface area contributed by atoms with Crippen molar-refractivity contribution in [3.63, 3.8) is 0 Å². The molecule has 0 saturated carbocycles. The molecular formula is H14O9SiTi. The second-order valence-electron chi connectivity index (χ2n) is 0.600. The Morgan fingerprint density at radius 1 is 0.545 bits per heavy atom. The Morgan fingerprint density at radius 2 is 0.545 bits per heavy atom. The van der Waals surface area contributed by atoms with Gasteiger partial charge in [-0.25, -0.2) is 0 Å². The van der Waals surface area contributed by atoms with Crippen LogP contribution in [0.1, 0.15) is 0 Å². The van der Waals surface area contributed by atoms with Gasteiger partial charge in [0.2, 0.25) is 0 Å². The van der Waals surface area contributed by atoms with Crippen molar-refractivity contribution in [3.8, 4) is 0 Å². The summed E-state index contributed by atoms with van der Waals surface area (Å²) in [5.74, 6) is 0. The molecule has 11 heteroatoms. The molecule has 0 fully saturated rings. The molecular weight excluding hydrogens is 220 g/mol. The van der Waals surface area contributed by atoms with Crippen LogP contribution in [-0.4, -0.2) is 55.6 Å². The molecule has 0 aromatic heterocycles. The summed E-state index contributed by atoms with van der Waals surface area (Å²) in [5, 5.41) is 0. The summed E-state index contributed by atoms with van der Waals surface area (Å²) in [7, 11) is -4.61. The van der Waals surface area contributed by atoms with E-state index in [0.717, 1.165) is 0 Å². The first-order valence-electron chi connectivity index (χ1n) is 0.894. The summed E-state index contributed by atoms with van der Waals surface area (Å²) in [6, 6.07) is 0. The Hall–Kier alpha value is 0.571. The van der Waals surface area contributed by atoms with Crippen LogP contribution in [0.15, 0.2) is 0 Å². The van der Waals surface area contributed by atoms with E-state index in [1.165, 1.54) is 0 Å². The Balaban J connectivity index is -0.00000000533. The minimum absolute atomic E-state index is 0. The SMILES string of the molecule is O.O.O.O.O.O[Si](O)(O)O.[Ti]. The third-order valence-electron chi connectivity index (χ3n) is 0. The van der Waals surface area contributed by atoms with Gasteiger partial charge >= 0.3 is 9.05 Å². The molecule has 0 radical (unpaired) electrons. The average molecular weight is 234 g/mol. The van der Waals surface area contributed by atoms with Gasteiger partial charge in [-0.15, -0.1) is 0 Å². The monoisotopic (exact) mass is 234 g/mol. The topological polar surface area (TPSA) is 238 Å². The zero-order valence-electron chi connectivity index (χ0n) is 5.29. The van der Waals surface area contributed by atoms with Gasteiger partial charge in [0.15, 0.2) is 0 Å². The third kappa shape index (κ3) is 2380. The van der Waals surface area contributed by atoms with Crippen LogP contribution in [0.2, 0.25) is 0 Å².